The molecule has 1 aromatic carbocycles. The van der Waals surface area contributed by atoms with Crippen LogP contribution in [-0.4, -0.2) is 15.0 Å². The van der Waals surface area contributed by atoms with Gasteiger partial charge in [0.1, 0.15) is 29.1 Å². The van der Waals surface area contributed by atoms with Crippen molar-refractivity contribution >= 4 is 17.3 Å². The predicted octanol–water partition coefficient (Wildman–Crippen LogP) is 5.25. The first-order chi connectivity index (χ1) is 14.7. The van der Waals surface area contributed by atoms with Crippen LogP contribution in [0.5, 0.6) is 0 Å². The number of pyridine rings is 1. The summed E-state index contributed by atoms with van der Waals surface area (Å²) < 4.78 is 25.1. The molecular weight excluding hydrogens is 401 g/mol. The minimum atomic E-state index is -0.282. The van der Waals surface area contributed by atoms with Crippen LogP contribution in [0.25, 0.3) is 11.3 Å². The molecule has 0 unspecified atom stereocenters. The molecule has 1 N–H and O–H groups in total. The molecule has 0 spiro atoms. The van der Waals surface area contributed by atoms with E-state index >= 15 is 0 Å². The Morgan fingerprint density at radius 3 is 2.63 bits per heavy atom. The van der Waals surface area contributed by atoms with Crippen molar-refractivity contribution in [2.24, 2.45) is 0 Å². The Morgan fingerprint density at radius 2 is 1.90 bits per heavy atom. The zero-order chi connectivity index (χ0) is 20.5. The molecule has 3 aromatic heterocycles. The highest BCUT2D eigenvalue weighted by atomic mass is 32.1. The van der Waals surface area contributed by atoms with Gasteiger partial charge in [-0.1, -0.05) is 6.07 Å². The molecule has 150 valence electrons. The third-order valence-electron chi connectivity index (χ3n) is 5.15. The van der Waals surface area contributed by atoms with Crippen molar-refractivity contribution in [2.45, 2.75) is 18.6 Å². The summed E-state index contributed by atoms with van der Waals surface area (Å²) in [5.41, 5.74) is 1.68. The second-order valence-electron chi connectivity index (χ2n) is 7.04. The first kappa shape index (κ1) is 18.6. The van der Waals surface area contributed by atoms with E-state index in [1.165, 1.54) is 12.1 Å². The number of benzene rings is 1. The van der Waals surface area contributed by atoms with Gasteiger partial charge in [-0.05, 0) is 72.9 Å². The number of thiocarbonyl (C=S) groups is 1. The van der Waals surface area contributed by atoms with Gasteiger partial charge in [-0.15, -0.1) is 0 Å². The van der Waals surface area contributed by atoms with Crippen LogP contribution in [0, 0.1) is 5.82 Å². The van der Waals surface area contributed by atoms with Crippen LogP contribution in [0.1, 0.15) is 29.3 Å². The number of hydrogen-bond acceptors (Lipinski definition) is 4. The number of nitrogens with one attached hydrogen (secondary N) is 1. The van der Waals surface area contributed by atoms with Crippen LogP contribution in [0.3, 0.4) is 0 Å². The van der Waals surface area contributed by atoms with Crippen molar-refractivity contribution in [3.63, 3.8) is 0 Å². The van der Waals surface area contributed by atoms with Crippen LogP contribution < -0.4 is 5.32 Å². The maximum Gasteiger partial charge on any atom is 0.170 e. The number of furan rings is 2. The number of rotatable bonds is 5. The van der Waals surface area contributed by atoms with E-state index in [0.717, 1.165) is 22.8 Å². The van der Waals surface area contributed by atoms with Crippen molar-refractivity contribution in [2.75, 3.05) is 0 Å². The van der Waals surface area contributed by atoms with Crippen LogP contribution in [-0.2, 0) is 6.54 Å². The molecule has 7 heteroatoms. The molecule has 1 saturated heterocycles. The first-order valence-corrected chi connectivity index (χ1v) is 9.96. The van der Waals surface area contributed by atoms with Crippen molar-refractivity contribution in [1.82, 2.24) is 15.2 Å². The summed E-state index contributed by atoms with van der Waals surface area (Å²) in [6, 6.07) is 19.2. The van der Waals surface area contributed by atoms with Crippen LogP contribution >= 0.6 is 12.2 Å². The molecule has 0 radical (unpaired) electrons. The molecule has 1 aliphatic heterocycles. The van der Waals surface area contributed by atoms with Gasteiger partial charge in [0, 0.05) is 11.8 Å². The highest BCUT2D eigenvalue weighted by Gasteiger charge is 2.42. The SMILES string of the molecule is Fc1ccc(-c2ccc([C@H]3[C@H](c4ccccn4)NC(=S)N3Cc3ccco3)o2)cc1. The fourth-order valence-electron chi connectivity index (χ4n) is 3.74. The lowest BCUT2D eigenvalue weighted by molar-refractivity contribution is 0.253. The summed E-state index contributed by atoms with van der Waals surface area (Å²) in [5.74, 6) is 1.93. The molecule has 5 nitrogen and oxygen atoms in total. The Bertz CT molecular complexity index is 1140. The van der Waals surface area contributed by atoms with Gasteiger partial charge in [0.15, 0.2) is 5.11 Å². The fourth-order valence-corrected chi connectivity index (χ4v) is 4.04. The summed E-state index contributed by atoms with van der Waals surface area (Å²) in [6.07, 6.45) is 3.41. The standard InChI is InChI=1S/C23H18FN3O2S/c24-16-8-6-15(7-9-16)19-10-11-20(29-19)22-21(18-5-1-2-12-25-18)26-23(30)27(22)14-17-4-3-13-28-17/h1-13,21-22H,14H2,(H,26,30)/t21-,22-/m0/s1. The van der Waals surface area contributed by atoms with Gasteiger partial charge < -0.3 is 19.1 Å². The smallest absolute Gasteiger partial charge is 0.170 e. The molecule has 0 bridgehead atoms. The Balaban J connectivity index is 1.53. The number of nitrogens with zero attached hydrogens (tertiary/aromatic N) is 2. The van der Waals surface area contributed by atoms with E-state index in [0.29, 0.717) is 17.4 Å². The highest BCUT2D eigenvalue weighted by molar-refractivity contribution is 7.80. The molecule has 4 heterocycles. The minimum absolute atomic E-state index is 0.180. The van der Waals surface area contributed by atoms with E-state index < -0.39 is 0 Å². The Labute approximate surface area is 178 Å². The molecule has 1 fully saturated rings. The molecule has 1 aliphatic rings. The van der Waals surface area contributed by atoms with E-state index in [4.69, 9.17) is 21.1 Å². The van der Waals surface area contributed by atoms with Gasteiger partial charge in [0.05, 0.1) is 24.5 Å². The Hall–Kier alpha value is -3.45. The second kappa shape index (κ2) is 7.76. The molecule has 5 rings (SSSR count). The maximum absolute atomic E-state index is 13.3. The van der Waals surface area contributed by atoms with Crippen LogP contribution in [0.2, 0.25) is 0 Å². The molecule has 0 aliphatic carbocycles. The molecular formula is C23H18FN3O2S. The molecule has 2 atom stereocenters. The molecule has 4 aromatic rings. The van der Waals surface area contributed by atoms with Gasteiger partial charge >= 0.3 is 0 Å². The average Bonchev–Trinajstić information content (AvgIpc) is 3.51. The topological polar surface area (TPSA) is 54.4 Å². The van der Waals surface area contributed by atoms with E-state index in [-0.39, 0.29) is 17.9 Å². The summed E-state index contributed by atoms with van der Waals surface area (Å²) in [4.78, 5) is 6.56. The van der Waals surface area contributed by atoms with Gasteiger partial charge in [-0.25, -0.2) is 4.39 Å². The lowest BCUT2D eigenvalue weighted by Crippen LogP contribution is -2.28. The van der Waals surface area contributed by atoms with Crippen molar-refractivity contribution < 1.29 is 13.2 Å². The van der Waals surface area contributed by atoms with Crippen molar-refractivity contribution in [3.8, 4) is 11.3 Å². The Morgan fingerprint density at radius 1 is 1.03 bits per heavy atom. The molecule has 0 amide bonds. The largest absolute Gasteiger partial charge is 0.467 e. The van der Waals surface area contributed by atoms with E-state index in [9.17, 15) is 4.39 Å². The van der Waals surface area contributed by atoms with Gasteiger partial charge in [-0.3, -0.25) is 4.98 Å². The fraction of sp³-hybridized carbons (Fsp3) is 0.130. The third kappa shape index (κ3) is 3.48. The van der Waals surface area contributed by atoms with E-state index in [1.807, 2.05) is 47.4 Å². The van der Waals surface area contributed by atoms with Crippen molar-refractivity contribution in [1.29, 1.82) is 0 Å². The highest BCUT2D eigenvalue weighted by Crippen LogP contribution is 2.41. The second-order valence-corrected chi connectivity index (χ2v) is 7.43. The number of halogens is 1. The molecule has 30 heavy (non-hydrogen) atoms. The van der Waals surface area contributed by atoms with Gasteiger partial charge in [0.2, 0.25) is 0 Å². The monoisotopic (exact) mass is 419 g/mol. The maximum atomic E-state index is 13.3. The average molecular weight is 419 g/mol. The van der Waals surface area contributed by atoms with Crippen LogP contribution in [0.4, 0.5) is 4.39 Å². The quantitative estimate of drug-likeness (QED) is 0.446. The minimum Gasteiger partial charge on any atom is -0.467 e. The van der Waals surface area contributed by atoms with Crippen LogP contribution in [0.15, 0.2) is 88.0 Å². The summed E-state index contributed by atoms with van der Waals surface area (Å²) in [7, 11) is 0. The summed E-state index contributed by atoms with van der Waals surface area (Å²) in [5, 5.41) is 3.98. The van der Waals surface area contributed by atoms with Gasteiger partial charge in [-0.2, -0.15) is 0 Å². The Kier molecular flexibility index (Phi) is 4.80. The lowest BCUT2D eigenvalue weighted by Gasteiger charge is -2.25. The van der Waals surface area contributed by atoms with Crippen molar-refractivity contribution in [3.05, 3.63) is 102 Å². The summed E-state index contributed by atoms with van der Waals surface area (Å²) in [6.45, 7) is 0.499. The normalized spacial score (nSPS) is 18.6. The van der Waals surface area contributed by atoms with E-state index in [1.54, 1.807) is 24.6 Å². The zero-order valence-electron chi connectivity index (χ0n) is 15.9. The summed E-state index contributed by atoms with van der Waals surface area (Å²) >= 11 is 5.64. The number of hydrogen-bond donors (Lipinski definition) is 1. The first-order valence-electron chi connectivity index (χ1n) is 9.55. The zero-order valence-corrected chi connectivity index (χ0v) is 16.7. The number of aromatic nitrogens is 1. The van der Waals surface area contributed by atoms with E-state index in [2.05, 4.69) is 10.3 Å². The predicted molar refractivity (Wildman–Crippen MR) is 114 cm³/mol. The third-order valence-corrected chi connectivity index (χ3v) is 5.50. The molecule has 0 saturated carbocycles. The van der Waals surface area contributed by atoms with Gasteiger partial charge in [0.25, 0.3) is 0 Å². The lowest BCUT2D eigenvalue weighted by atomic mass is 10.0.